The second kappa shape index (κ2) is 10.4. The minimum absolute atomic E-state index is 0.252. The van der Waals surface area contributed by atoms with E-state index in [9.17, 15) is 19.5 Å². The van der Waals surface area contributed by atoms with E-state index >= 15 is 0 Å². The number of hydrogen-bond donors (Lipinski definition) is 3. The molecule has 0 bridgehead atoms. The molecular formula is C25H26N2O4. The lowest BCUT2D eigenvalue weighted by Crippen LogP contribution is -2.52. The number of fused-ring (bicyclic) bond motifs is 1. The highest BCUT2D eigenvalue weighted by atomic mass is 16.4. The summed E-state index contributed by atoms with van der Waals surface area (Å²) in [5, 5.41) is 16.5. The van der Waals surface area contributed by atoms with Crippen LogP contribution in [0.15, 0.2) is 72.8 Å². The molecule has 3 aromatic carbocycles. The van der Waals surface area contributed by atoms with Crippen LogP contribution in [-0.4, -0.2) is 35.0 Å². The second-order valence-corrected chi connectivity index (χ2v) is 7.43. The standard InChI is InChI=1S/C25H26N2O4/c1-2-9-21(25(30)31)26-24(29)22(16-17-10-4-3-5-11-17)27-23(28)20-15-8-13-18-12-6-7-14-19(18)20/h3-8,10-15,21-22H,2,9,16H2,1H3,(H,26,29)(H,27,28)(H,30,31)/t21-,22+/m0/s1. The van der Waals surface area contributed by atoms with Crippen LogP contribution in [0.25, 0.3) is 10.8 Å². The van der Waals surface area contributed by atoms with Crippen molar-refractivity contribution in [2.24, 2.45) is 0 Å². The summed E-state index contributed by atoms with van der Waals surface area (Å²) < 4.78 is 0. The molecule has 0 fully saturated rings. The lowest BCUT2D eigenvalue weighted by Gasteiger charge is -2.22. The van der Waals surface area contributed by atoms with Crippen LogP contribution in [0.5, 0.6) is 0 Å². The fourth-order valence-electron chi connectivity index (χ4n) is 3.54. The molecule has 160 valence electrons. The predicted octanol–water partition coefficient (Wildman–Crippen LogP) is 3.55. The molecule has 0 radical (unpaired) electrons. The first-order chi connectivity index (χ1) is 15.0. The van der Waals surface area contributed by atoms with Gasteiger partial charge in [-0.3, -0.25) is 9.59 Å². The molecule has 3 N–H and O–H groups in total. The Morgan fingerprint density at radius 2 is 1.52 bits per heavy atom. The topological polar surface area (TPSA) is 95.5 Å². The SMILES string of the molecule is CCC[C@H](NC(=O)[C@@H](Cc1ccccc1)NC(=O)c1cccc2ccccc12)C(=O)O. The fourth-order valence-corrected chi connectivity index (χ4v) is 3.54. The van der Waals surface area contributed by atoms with Gasteiger partial charge in [0.2, 0.25) is 5.91 Å². The van der Waals surface area contributed by atoms with Crippen molar-refractivity contribution in [1.82, 2.24) is 10.6 Å². The summed E-state index contributed by atoms with van der Waals surface area (Å²) in [6, 6.07) is 20.4. The van der Waals surface area contributed by atoms with E-state index in [1.54, 1.807) is 12.1 Å². The number of carboxylic acids is 1. The highest BCUT2D eigenvalue weighted by Crippen LogP contribution is 2.18. The van der Waals surface area contributed by atoms with Gasteiger partial charge in [-0.2, -0.15) is 0 Å². The normalized spacial score (nSPS) is 12.7. The number of amides is 2. The van der Waals surface area contributed by atoms with Crippen molar-refractivity contribution in [2.45, 2.75) is 38.3 Å². The van der Waals surface area contributed by atoms with E-state index in [2.05, 4.69) is 10.6 Å². The maximum atomic E-state index is 13.1. The lowest BCUT2D eigenvalue weighted by molar-refractivity contribution is -0.142. The molecule has 0 saturated carbocycles. The largest absolute Gasteiger partial charge is 0.480 e. The molecule has 6 nitrogen and oxygen atoms in total. The Balaban J connectivity index is 1.85. The number of carboxylic acid groups (broad SMARTS) is 1. The maximum absolute atomic E-state index is 13.1. The third-order valence-corrected chi connectivity index (χ3v) is 5.13. The molecule has 0 aliphatic rings. The van der Waals surface area contributed by atoms with Crippen LogP contribution in [-0.2, 0) is 16.0 Å². The predicted molar refractivity (Wildman–Crippen MR) is 120 cm³/mol. The molecule has 2 atom stereocenters. The Hall–Kier alpha value is -3.67. The maximum Gasteiger partial charge on any atom is 0.326 e. The van der Waals surface area contributed by atoms with Gasteiger partial charge in [0.05, 0.1) is 0 Å². The van der Waals surface area contributed by atoms with Gasteiger partial charge in [-0.15, -0.1) is 0 Å². The molecule has 0 aliphatic heterocycles. The van der Waals surface area contributed by atoms with E-state index in [1.807, 2.05) is 67.6 Å². The molecule has 0 unspecified atom stereocenters. The number of hydrogen-bond acceptors (Lipinski definition) is 3. The average molecular weight is 418 g/mol. The third kappa shape index (κ3) is 5.69. The molecule has 3 aromatic rings. The van der Waals surface area contributed by atoms with Crippen LogP contribution in [0.4, 0.5) is 0 Å². The van der Waals surface area contributed by atoms with Gasteiger partial charge in [0.25, 0.3) is 5.91 Å². The van der Waals surface area contributed by atoms with Gasteiger partial charge in [-0.25, -0.2) is 4.79 Å². The molecular weight excluding hydrogens is 392 g/mol. The summed E-state index contributed by atoms with van der Waals surface area (Å²) in [6.45, 7) is 1.85. The molecule has 2 amide bonds. The van der Waals surface area contributed by atoms with Crippen molar-refractivity contribution >= 4 is 28.6 Å². The summed E-state index contributed by atoms with van der Waals surface area (Å²) in [4.78, 5) is 37.6. The highest BCUT2D eigenvalue weighted by Gasteiger charge is 2.27. The minimum atomic E-state index is -1.09. The molecule has 0 heterocycles. The molecule has 0 aromatic heterocycles. The van der Waals surface area contributed by atoms with Gasteiger partial charge < -0.3 is 15.7 Å². The van der Waals surface area contributed by atoms with Crippen LogP contribution < -0.4 is 10.6 Å². The summed E-state index contributed by atoms with van der Waals surface area (Å²) in [6.07, 6.45) is 1.18. The van der Waals surface area contributed by atoms with E-state index in [1.165, 1.54) is 0 Å². The van der Waals surface area contributed by atoms with Crippen molar-refractivity contribution in [3.05, 3.63) is 83.9 Å². The third-order valence-electron chi connectivity index (χ3n) is 5.13. The summed E-state index contributed by atoms with van der Waals surface area (Å²) >= 11 is 0. The number of aliphatic carboxylic acids is 1. The average Bonchev–Trinajstić information content (AvgIpc) is 2.78. The van der Waals surface area contributed by atoms with Crippen LogP contribution in [0.1, 0.15) is 35.7 Å². The summed E-state index contributed by atoms with van der Waals surface area (Å²) in [5.41, 5.74) is 1.33. The zero-order chi connectivity index (χ0) is 22.2. The van der Waals surface area contributed by atoms with Crippen molar-refractivity contribution < 1.29 is 19.5 Å². The van der Waals surface area contributed by atoms with Crippen molar-refractivity contribution in [3.8, 4) is 0 Å². The van der Waals surface area contributed by atoms with Crippen LogP contribution in [0.2, 0.25) is 0 Å². The smallest absolute Gasteiger partial charge is 0.326 e. The number of rotatable bonds is 9. The van der Waals surface area contributed by atoms with Gasteiger partial charge in [-0.1, -0.05) is 80.1 Å². The minimum Gasteiger partial charge on any atom is -0.480 e. The number of carbonyl (C=O) groups excluding carboxylic acids is 2. The van der Waals surface area contributed by atoms with Gasteiger partial charge in [-0.05, 0) is 28.8 Å². The Bertz CT molecular complexity index is 1060. The monoisotopic (exact) mass is 418 g/mol. The second-order valence-electron chi connectivity index (χ2n) is 7.43. The van der Waals surface area contributed by atoms with Crippen LogP contribution in [0, 0.1) is 0 Å². The van der Waals surface area contributed by atoms with E-state index in [0.717, 1.165) is 16.3 Å². The first-order valence-corrected chi connectivity index (χ1v) is 10.3. The Morgan fingerprint density at radius 3 is 2.23 bits per heavy atom. The van der Waals surface area contributed by atoms with E-state index in [4.69, 9.17) is 0 Å². The zero-order valence-corrected chi connectivity index (χ0v) is 17.4. The van der Waals surface area contributed by atoms with E-state index < -0.39 is 24.0 Å². The van der Waals surface area contributed by atoms with E-state index in [-0.39, 0.29) is 12.3 Å². The van der Waals surface area contributed by atoms with Crippen LogP contribution in [0.3, 0.4) is 0 Å². The molecule has 0 saturated heterocycles. The lowest BCUT2D eigenvalue weighted by atomic mass is 10.0. The van der Waals surface area contributed by atoms with Gasteiger partial charge in [0.15, 0.2) is 0 Å². The van der Waals surface area contributed by atoms with Crippen molar-refractivity contribution in [1.29, 1.82) is 0 Å². The van der Waals surface area contributed by atoms with Crippen LogP contribution >= 0.6 is 0 Å². The molecule has 0 aliphatic carbocycles. The first kappa shape index (κ1) is 22.0. The zero-order valence-electron chi connectivity index (χ0n) is 17.4. The molecule has 0 spiro atoms. The van der Waals surface area contributed by atoms with Crippen molar-refractivity contribution in [3.63, 3.8) is 0 Å². The molecule has 31 heavy (non-hydrogen) atoms. The Labute approximate surface area is 181 Å². The number of benzene rings is 3. The Kier molecular flexibility index (Phi) is 7.38. The first-order valence-electron chi connectivity index (χ1n) is 10.3. The fraction of sp³-hybridized carbons (Fsp3) is 0.240. The quantitative estimate of drug-likeness (QED) is 0.495. The summed E-state index contributed by atoms with van der Waals surface area (Å²) in [5.74, 6) is -1.98. The van der Waals surface area contributed by atoms with Crippen molar-refractivity contribution in [2.75, 3.05) is 0 Å². The summed E-state index contributed by atoms with van der Waals surface area (Å²) in [7, 11) is 0. The van der Waals surface area contributed by atoms with Gasteiger partial charge in [0.1, 0.15) is 12.1 Å². The van der Waals surface area contributed by atoms with Gasteiger partial charge in [0, 0.05) is 12.0 Å². The van der Waals surface area contributed by atoms with E-state index in [0.29, 0.717) is 18.4 Å². The Morgan fingerprint density at radius 1 is 0.839 bits per heavy atom. The highest BCUT2D eigenvalue weighted by molar-refractivity contribution is 6.08. The molecule has 6 heteroatoms. The number of carbonyl (C=O) groups is 3. The molecule has 3 rings (SSSR count). The number of nitrogens with one attached hydrogen (secondary N) is 2. The van der Waals surface area contributed by atoms with Gasteiger partial charge >= 0.3 is 5.97 Å².